The highest BCUT2D eigenvalue weighted by Crippen LogP contribution is 2.19. The van der Waals surface area contributed by atoms with Crippen LogP contribution in [-0.2, 0) is 38.1 Å². The first-order valence-electron chi connectivity index (χ1n) is 6.10. The lowest BCUT2D eigenvalue weighted by molar-refractivity contribution is -0.180. The minimum Gasteiger partial charge on any atom is -0.462 e. The number of carbonyl (C=O) groups is 4. The second-order valence-corrected chi connectivity index (χ2v) is 4.24. The average molecular weight is 304 g/mol. The van der Waals surface area contributed by atoms with Crippen LogP contribution >= 0.6 is 0 Å². The summed E-state index contributed by atoms with van der Waals surface area (Å²) in [7, 11) is 0. The van der Waals surface area contributed by atoms with E-state index >= 15 is 0 Å². The minimum atomic E-state index is -1.14. The largest absolute Gasteiger partial charge is 0.508 e. The van der Waals surface area contributed by atoms with Gasteiger partial charge in [-0.25, -0.2) is 4.79 Å². The molecule has 1 saturated heterocycles. The van der Waals surface area contributed by atoms with Crippen LogP contribution in [0, 0.1) is 0 Å². The molecule has 1 rings (SSSR count). The highest BCUT2D eigenvalue weighted by molar-refractivity contribution is 5.68. The molecule has 0 amide bonds. The molecule has 0 spiro atoms. The molecule has 2 unspecified atom stereocenters. The van der Waals surface area contributed by atoms with Gasteiger partial charge >= 0.3 is 24.1 Å². The minimum absolute atomic E-state index is 0.172. The number of esters is 3. The van der Waals surface area contributed by atoms with Crippen molar-refractivity contribution in [1.29, 1.82) is 0 Å². The van der Waals surface area contributed by atoms with Gasteiger partial charge in [0, 0.05) is 20.8 Å². The van der Waals surface area contributed by atoms with Gasteiger partial charge in [-0.2, -0.15) is 0 Å². The van der Waals surface area contributed by atoms with Gasteiger partial charge in [-0.05, 0) is 0 Å². The van der Waals surface area contributed by atoms with Crippen LogP contribution in [0.2, 0.25) is 0 Å². The number of cyclic esters (lactones) is 2. The Morgan fingerprint density at radius 2 is 1.76 bits per heavy atom. The second kappa shape index (κ2) is 7.46. The molecule has 118 valence electrons. The monoisotopic (exact) mass is 304 g/mol. The van der Waals surface area contributed by atoms with E-state index in [1.54, 1.807) is 0 Å². The molecular weight excluding hydrogens is 288 g/mol. The molecule has 3 atom stereocenters. The first kappa shape index (κ1) is 16.7. The van der Waals surface area contributed by atoms with Crippen LogP contribution in [-0.4, -0.2) is 55.6 Å². The van der Waals surface area contributed by atoms with Crippen molar-refractivity contribution in [2.24, 2.45) is 0 Å². The Hall–Kier alpha value is -2.32. The van der Waals surface area contributed by atoms with Gasteiger partial charge in [0.05, 0.1) is 0 Å². The number of carbonyl (C=O) groups excluding carboxylic acids is 4. The molecule has 1 aliphatic heterocycles. The van der Waals surface area contributed by atoms with E-state index < -0.39 is 42.4 Å². The highest BCUT2D eigenvalue weighted by atomic mass is 16.8. The molecule has 0 bridgehead atoms. The van der Waals surface area contributed by atoms with E-state index in [0.717, 1.165) is 13.8 Å². The lowest BCUT2D eigenvalue weighted by atomic mass is 10.1. The van der Waals surface area contributed by atoms with Gasteiger partial charge in [0.2, 0.25) is 0 Å². The SMILES string of the molecule is CC(=O)OCC(OC(C)=O)C(OC(C)=O)[C@@H]1COC(=O)O1. The molecule has 9 nitrogen and oxygen atoms in total. The molecule has 9 heteroatoms. The lowest BCUT2D eigenvalue weighted by Crippen LogP contribution is -2.46. The molecule has 0 aromatic heterocycles. The molecule has 0 aromatic carbocycles. The van der Waals surface area contributed by atoms with Gasteiger partial charge in [-0.1, -0.05) is 0 Å². The molecule has 0 N–H and O–H groups in total. The topological polar surface area (TPSA) is 114 Å². The molecule has 0 aliphatic carbocycles. The molecule has 1 heterocycles. The van der Waals surface area contributed by atoms with Crippen molar-refractivity contribution in [3.63, 3.8) is 0 Å². The summed E-state index contributed by atoms with van der Waals surface area (Å²) in [6.07, 6.45) is -4.14. The summed E-state index contributed by atoms with van der Waals surface area (Å²) >= 11 is 0. The van der Waals surface area contributed by atoms with Crippen LogP contribution in [0.1, 0.15) is 20.8 Å². The van der Waals surface area contributed by atoms with Crippen LogP contribution in [0.25, 0.3) is 0 Å². The normalized spacial score (nSPS) is 19.8. The van der Waals surface area contributed by atoms with E-state index in [-0.39, 0.29) is 13.2 Å². The Balaban J connectivity index is 2.86. The molecule has 0 radical (unpaired) electrons. The van der Waals surface area contributed by atoms with Gasteiger partial charge in [0.25, 0.3) is 0 Å². The van der Waals surface area contributed by atoms with Crippen LogP contribution in [0.15, 0.2) is 0 Å². The third kappa shape index (κ3) is 5.67. The molecule has 21 heavy (non-hydrogen) atoms. The highest BCUT2D eigenvalue weighted by Gasteiger charge is 2.42. The second-order valence-electron chi connectivity index (χ2n) is 4.24. The molecular formula is C12H16O9. The summed E-state index contributed by atoms with van der Waals surface area (Å²) < 4.78 is 24.2. The van der Waals surface area contributed by atoms with Crippen molar-refractivity contribution in [2.75, 3.05) is 13.2 Å². The standard InChI is InChI=1S/C12H16O9/c1-6(13)17-4-9(19-7(2)14)11(20-8(3)15)10-5-18-12(16)21-10/h9-11H,4-5H2,1-3H3/t9?,10-,11?/m0/s1. The Labute approximate surface area is 120 Å². The van der Waals surface area contributed by atoms with Crippen molar-refractivity contribution >= 4 is 24.1 Å². The fourth-order valence-electron chi connectivity index (χ4n) is 1.70. The van der Waals surface area contributed by atoms with E-state index in [1.807, 2.05) is 0 Å². The zero-order valence-electron chi connectivity index (χ0n) is 11.8. The van der Waals surface area contributed by atoms with Crippen molar-refractivity contribution in [2.45, 2.75) is 39.1 Å². The van der Waals surface area contributed by atoms with E-state index in [9.17, 15) is 19.2 Å². The third-order valence-corrected chi connectivity index (χ3v) is 2.42. The van der Waals surface area contributed by atoms with Crippen LogP contribution in [0.4, 0.5) is 4.79 Å². The number of rotatable bonds is 6. The average Bonchev–Trinajstić information content (AvgIpc) is 2.77. The quantitative estimate of drug-likeness (QED) is 0.492. The maximum atomic E-state index is 11.2. The van der Waals surface area contributed by atoms with Crippen LogP contribution in [0.5, 0.6) is 0 Å². The van der Waals surface area contributed by atoms with Crippen molar-refractivity contribution in [3.05, 3.63) is 0 Å². The zero-order valence-corrected chi connectivity index (χ0v) is 11.8. The predicted molar refractivity (Wildman–Crippen MR) is 64.0 cm³/mol. The zero-order chi connectivity index (χ0) is 16.0. The van der Waals surface area contributed by atoms with E-state index in [1.165, 1.54) is 6.92 Å². The van der Waals surface area contributed by atoms with E-state index in [4.69, 9.17) is 18.9 Å². The summed E-state index contributed by atoms with van der Waals surface area (Å²) in [5, 5.41) is 0. The first-order valence-corrected chi connectivity index (χ1v) is 6.10. The number of ether oxygens (including phenoxy) is 5. The number of hydrogen-bond donors (Lipinski definition) is 0. The fourth-order valence-corrected chi connectivity index (χ4v) is 1.70. The molecule has 0 saturated carbocycles. The summed E-state index contributed by atoms with van der Waals surface area (Å²) in [6.45, 7) is 2.93. The van der Waals surface area contributed by atoms with Crippen molar-refractivity contribution < 1.29 is 42.9 Å². The van der Waals surface area contributed by atoms with Crippen molar-refractivity contribution in [3.8, 4) is 0 Å². The predicted octanol–water partition coefficient (Wildman–Crippen LogP) is -0.0517. The van der Waals surface area contributed by atoms with Crippen LogP contribution in [0.3, 0.4) is 0 Å². The maximum absolute atomic E-state index is 11.2. The summed E-state index contributed by atoms with van der Waals surface area (Å²) in [5.41, 5.74) is 0. The maximum Gasteiger partial charge on any atom is 0.508 e. The lowest BCUT2D eigenvalue weighted by Gasteiger charge is -2.27. The molecule has 1 aliphatic rings. The Morgan fingerprint density at radius 3 is 2.19 bits per heavy atom. The van der Waals surface area contributed by atoms with Crippen LogP contribution < -0.4 is 0 Å². The summed E-state index contributed by atoms with van der Waals surface area (Å²) in [4.78, 5) is 44.1. The Kier molecular flexibility index (Phi) is 5.94. The third-order valence-electron chi connectivity index (χ3n) is 2.42. The summed E-state index contributed by atoms with van der Waals surface area (Å²) in [5.74, 6) is -1.95. The van der Waals surface area contributed by atoms with E-state index in [0.29, 0.717) is 0 Å². The van der Waals surface area contributed by atoms with Crippen molar-refractivity contribution in [1.82, 2.24) is 0 Å². The Morgan fingerprint density at radius 1 is 1.14 bits per heavy atom. The van der Waals surface area contributed by atoms with E-state index in [2.05, 4.69) is 4.74 Å². The van der Waals surface area contributed by atoms with Gasteiger partial charge in [-0.15, -0.1) is 0 Å². The molecule has 1 fully saturated rings. The van der Waals surface area contributed by atoms with Gasteiger partial charge < -0.3 is 23.7 Å². The summed E-state index contributed by atoms with van der Waals surface area (Å²) in [6, 6.07) is 0. The van der Waals surface area contributed by atoms with Gasteiger partial charge in [-0.3, -0.25) is 14.4 Å². The first-order chi connectivity index (χ1) is 9.79. The van der Waals surface area contributed by atoms with Gasteiger partial charge in [0.1, 0.15) is 13.2 Å². The number of hydrogen-bond acceptors (Lipinski definition) is 9. The van der Waals surface area contributed by atoms with Gasteiger partial charge in [0.15, 0.2) is 18.3 Å². The smallest absolute Gasteiger partial charge is 0.462 e. The Bertz CT molecular complexity index is 430. The molecule has 0 aromatic rings. The fraction of sp³-hybridized carbons (Fsp3) is 0.667.